The molecule has 1 aromatic heterocycles. The molecule has 0 unspecified atom stereocenters. The lowest BCUT2D eigenvalue weighted by Gasteiger charge is -2.38. The van der Waals surface area contributed by atoms with E-state index in [4.69, 9.17) is 5.73 Å². The Bertz CT molecular complexity index is 386. The van der Waals surface area contributed by atoms with Gasteiger partial charge in [-0.15, -0.1) is 5.10 Å². The molecule has 2 heterocycles. The SMILES string of the molecule is C[C@]1(F)CN(c2nncc(N)n2)CC[C@H]1O. The molecule has 7 heteroatoms. The number of halogens is 1. The number of nitrogen functional groups attached to an aromatic ring is 1. The van der Waals surface area contributed by atoms with Gasteiger partial charge in [-0.3, -0.25) is 0 Å². The summed E-state index contributed by atoms with van der Waals surface area (Å²) < 4.78 is 13.9. The summed E-state index contributed by atoms with van der Waals surface area (Å²) in [5, 5.41) is 16.9. The van der Waals surface area contributed by atoms with Crippen molar-refractivity contribution in [1.82, 2.24) is 15.2 Å². The molecule has 0 saturated carbocycles. The van der Waals surface area contributed by atoms with Crippen LogP contribution >= 0.6 is 0 Å². The van der Waals surface area contributed by atoms with Crippen molar-refractivity contribution < 1.29 is 9.50 Å². The van der Waals surface area contributed by atoms with Crippen LogP contribution in [0.15, 0.2) is 6.20 Å². The molecule has 1 aromatic rings. The monoisotopic (exact) mass is 227 g/mol. The number of alkyl halides is 1. The summed E-state index contributed by atoms with van der Waals surface area (Å²) in [6.07, 6.45) is 0.722. The fourth-order valence-corrected chi connectivity index (χ4v) is 1.75. The maximum absolute atomic E-state index is 13.9. The average Bonchev–Trinajstić information content (AvgIpc) is 2.22. The number of aliphatic hydroxyl groups is 1. The van der Waals surface area contributed by atoms with E-state index < -0.39 is 11.8 Å². The third-order valence-electron chi connectivity index (χ3n) is 2.72. The standard InChI is InChI=1S/C9H14FN5O/c1-9(10)5-15(3-2-6(9)16)8-13-7(11)4-12-14-8/h4,6,16H,2-3,5H2,1H3,(H2,11,13,14)/t6-,9+/m1/s1. The minimum Gasteiger partial charge on any atom is -0.390 e. The van der Waals surface area contributed by atoms with Crippen molar-refractivity contribution in [3.05, 3.63) is 6.20 Å². The predicted molar refractivity (Wildman–Crippen MR) is 56.6 cm³/mol. The number of hydrogen-bond acceptors (Lipinski definition) is 6. The van der Waals surface area contributed by atoms with Gasteiger partial charge in [-0.25, -0.2) is 4.39 Å². The first-order chi connectivity index (χ1) is 7.49. The lowest BCUT2D eigenvalue weighted by Crippen LogP contribution is -2.53. The van der Waals surface area contributed by atoms with Crippen molar-refractivity contribution in [2.75, 3.05) is 23.7 Å². The Hall–Kier alpha value is -1.50. The van der Waals surface area contributed by atoms with E-state index in [9.17, 15) is 9.50 Å². The Morgan fingerprint density at radius 2 is 2.44 bits per heavy atom. The largest absolute Gasteiger partial charge is 0.390 e. The first-order valence-electron chi connectivity index (χ1n) is 5.06. The Labute approximate surface area is 92.3 Å². The van der Waals surface area contributed by atoms with Gasteiger partial charge in [0, 0.05) is 6.54 Å². The Morgan fingerprint density at radius 3 is 3.06 bits per heavy atom. The molecule has 2 rings (SSSR count). The number of aromatic nitrogens is 3. The third-order valence-corrected chi connectivity index (χ3v) is 2.72. The molecule has 88 valence electrons. The summed E-state index contributed by atoms with van der Waals surface area (Å²) in [5.41, 5.74) is 3.82. The normalized spacial score (nSPS) is 30.4. The maximum atomic E-state index is 13.9. The van der Waals surface area contributed by atoms with Crippen LogP contribution in [0.4, 0.5) is 16.2 Å². The fraction of sp³-hybridized carbons (Fsp3) is 0.667. The number of anilines is 2. The smallest absolute Gasteiger partial charge is 0.247 e. The Balaban J connectivity index is 2.18. The molecule has 0 aliphatic carbocycles. The van der Waals surface area contributed by atoms with Crippen LogP contribution in [0.3, 0.4) is 0 Å². The van der Waals surface area contributed by atoms with Gasteiger partial charge in [0.05, 0.1) is 18.8 Å². The highest BCUT2D eigenvalue weighted by atomic mass is 19.1. The molecule has 16 heavy (non-hydrogen) atoms. The zero-order chi connectivity index (χ0) is 11.8. The van der Waals surface area contributed by atoms with E-state index >= 15 is 0 Å². The summed E-state index contributed by atoms with van der Waals surface area (Å²) in [6, 6.07) is 0. The minimum atomic E-state index is -1.66. The molecule has 1 fully saturated rings. The second kappa shape index (κ2) is 3.82. The number of aliphatic hydroxyl groups excluding tert-OH is 1. The molecule has 1 aliphatic heterocycles. The van der Waals surface area contributed by atoms with Crippen LogP contribution < -0.4 is 10.6 Å². The number of rotatable bonds is 1. The summed E-state index contributed by atoms with van der Waals surface area (Å²) in [6.45, 7) is 1.90. The number of piperidine rings is 1. The molecule has 0 aromatic carbocycles. The first kappa shape index (κ1) is 11.0. The van der Waals surface area contributed by atoms with E-state index in [1.807, 2.05) is 0 Å². The van der Waals surface area contributed by atoms with E-state index in [1.54, 1.807) is 4.90 Å². The number of hydrogen-bond donors (Lipinski definition) is 2. The zero-order valence-electron chi connectivity index (χ0n) is 8.97. The number of nitrogens with two attached hydrogens (primary N) is 1. The van der Waals surface area contributed by atoms with Crippen molar-refractivity contribution in [1.29, 1.82) is 0 Å². The van der Waals surface area contributed by atoms with Gasteiger partial charge in [0.25, 0.3) is 0 Å². The first-order valence-corrected chi connectivity index (χ1v) is 5.06. The third kappa shape index (κ3) is 2.04. The molecule has 0 amide bonds. The molecule has 0 bridgehead atoms. The zero-order valence-corrected chi connectivity index (χ0v) is 8.97. The molecule has 6 nitrogen and oxygen atoms in total. The van der Waals surface area contributed by atoms with Crippen molar-refractivity contribution in [2.45, 2.75) is 25.1 Å². The van der Waals surface area contributed by atoms with E-state index in [0.29, 0.717) is 18.9 Å². The minimum absolute atomic E-state index is 0.0410. The summed E-state index contributed by atoms with van der Waals surface area (Å²) in [7, 11) is 0. The topological polar surface area (TPSA) is 88.2 Å². The second-order valence-corrected chi connectivity index (χ2v) is 4.19. The van der Waals surface area contributed by atoms with Crippen molar-refractivity contribution >= 4 is 11.8 Å². The lowest BCUT2D eigenvalue weighted by molar-refractivity contribution is -0.00863. The molecule has 1 aliphatic rings. The van der Waals surface area contributed by atoms with Gasteiger partial charge in [-0.2, -0.15) is 10.1 Å². The van der Waals surface area contributed by atoms with Crippen molar-refractivity contribution in [2.24, 2.45) is 0 Å². The maximum Gasteiger partial charge on any atom is 0.247 e. The van der Waals surface area contributed by atoms with E-state index in [0.717, 1.165) is 0 Å². The van der Waals surface area contributed by atoms with Crippen LogP contribution in [0.5, 0.6) is 0 Å². The van der Waals surface area contributed by atoms with Gasteiger partial charge in [0.2, 0.25) is 5.95 Å². The van der Waals surface area contributed by atoms with Gasteiger partial charge in [-0.05, 0) is 13.3 Å². The molecular formula is C9H14FN5O. The highest BCUT2D eigenvalue weighted by Gasteiger charge is 2.39. The lowest BCUT2D eigenvalue weighted by atomic mass is 9.94. The van der Waals surface area contributed by atoms with Crippen LogP contribution in [0.1, 0.15) is 13.3 Å². The average molecular weight is 227 g/mol. The van der Waals surface area contributed by atoms with Gasteiger partial charge in [0.15, 0.2) is 5.67 Å². The number of nitrogens with zero attached hydrogens (tertiary/aromatic N) is 4. The summed E-state index contributed by atoms with van der Waals surface area (Å²) in [4.78, 5) is 5.60. The van der Waals surface area contributed by atoms with E-state index in [-0.39, 0.29) is 12.4 Å². The highest BCUT2D eigenvalue weighted by Crippen LogP contribution is 2.27. The van der Waals surface area contributed by atoms with Gasteiger partial charge in [0.1, 0.15) is 5.82 Å². The highest BCUT2D eigenvalue weighted by molar-refractivity contribution is 5.36. The van der Waals surface area contributed by atoms with Crippen LogP contribution in [-0.4, -0.2) is 45.2 Å². The quantitative estimate of drug-likeness (QED) is 0.688. The summed E-state index contributed by atoms with van der Waals surface area (Å²) in [5.74, 6) is 0.549. The van der Waals surface area contributed by atoms with Crippen molar-refractivity contribution in [3.63, 3.8) is 0 Å². The van der Waals surface area contributed by atoms with E-state index in [1.165, 1.54) is 13.1 Å². The van der Waals surface area contributed by atoms with Crippen LogP contribution in [0, 0.1) is 0 Å². The van der Waals surface area contributed by atoms with Gasteiger partial charge >= 0.3 is 0 Å². The molecule has 1 saturated heterocycles. The molecular weight excluding hydrogens is 213 g/mol. The fourth-order valence-electron chi connectivity index (χ4n) is 1.75. The van der Waals surface area contributed by atoms with E-state index in [2.05, 4.69) is 15.2 Å². The van der Waals surface area contributed by atoms with Gasteiger partial charge < -0.3 is 15.7 Å². The molecule has 3 N–H and O–H groups in total. The Kier molecular flexibility index (Phi) is 2.63. The Morgan fingerprint density at radius 1 is 1.69 bits per heavy atom. The van der Waals surface area contributed by atoms with Crippen LogP contribution in [0.25, 0.3) is 0 Å². The van der Waals surface area contributed by atoms with Crippen LogP contribution in [-0.2, 0) is 0 Å². The van der Waals surface area contributed by atoms with Crippen molar-refractivity contribution in [3.8, 4) is 0 Å². The molecule has 0 radical (unpaired) electrons. The molecule has 0 spiro atoms. The second-order valence-electron chi connectivity index (χ2n) is 4.19. The van der Waals surface area contributed by atoms with Gasteiger partial charge in [-0.1, -0.05) is 0 Å². The summed E-state index contributed by atoms with van der Waals surface area (Å²) >= 11 is 0. The molecule has 2 atom stereocenters. The predicted octanol–water partition coefficient (Wildman–Crippen LogP) is -0.247. The van der Waals surface area contributed by atoms with Crippen LogP contribution in [0.2, 0.25) is 0 Å².